The van der Waals surface area contributed by atoms with E-state index < -0.39 is 0 Å². The predicted octanol–water partition coefficient (Wildman–Crippen LogP) is 1.09. The monoisotopic (exact) mass is 296 g/mol. The highest BCUT2D eigenvalue weighted by atomic mass is 32.1. The van der Waals surface area contributed by atoms with Gasteiger partial charge in [-0.15, -0.1) is 11.3 Å². The number of carbonyl (C=O) groups is 1. The van der Waals surface area contributed by atoms with Crippen molar-refractivity contribution in [2.24, 2.45) is 0 Å². The van der Waals surface area contributed by atoms with Gasteiger partial charge < -0.3 is 10.2 Å². The lowest BCUT2D eigenvalue weighted by atomic mass is 10.1. The van der Waals surface area contributed by atoms with Crippen molar-refractivity contribution >= 4 is 17.2 Å². The molecule has 1 aromatic heterocycles. The molecule has 0 radical (unpaired) electrons. The highest BCUT2D eigenvalue weighted by Gasteiger charge is 2.21. The van der Waals surface area contributed by atoms with Crippen LogP contribution in [0.5, 0.6) is 0 Å². The highest BCUT2D eigenvalue weighted by Crippen LogP contribution is 2.14. The average Bonchev–Trinajstić information content (AvgIpc) is 2.83. The number of rotatable bonds is 5. The maximum absolute atomic E-state index is 11.7. The normalized spacial score (nSPS) is 17.4. The molecule has 1 N–H and O–H groups in total. The number of piperidine rings is 1. The van der Waals surface area contributed by atoms with E-state index in [0.717, 1.165) is 37.5 Å². The van der Waals surface area contributed by atoms with Crippen molar-refractivity contribution in [2.45, 2.75) is 32.4 Å². The lowest BCUT2D eigenvalue weighted by Crippen LogP contribution is -2.45. The third kappa shape index (κ3) is 4.54. The van der Waals surface area contributed by atoms with Gasteiger partial charge in [0.1, 0.15) is 0 Å². The lowest BCUT2D eigenvalue weighted by molar-refractivity contribution is -0.130. The zero-order valence-electron chi connectivity index (χ0n) is 12.6. The van der Waals surface area contributed by atoms with Crippen LogP contribution in [-0.2, 0) is 11.3 Å². The standard InChI is InChI=1S/C14H24N4OS/c1-11-15-8-13(20-11)9-16-12-4-6-18(7-5-12)10-14(19)17(2)3/h8,12,16H,4-7,9-10H2,1-3H3. The van der Waals surface area contributed by atoms with E-state index in [1.54, 1.807) is 16.2 Å². The molecular formula is C14H24N4OS. The molecule has 2 rings (SSSR count). The molecule has 0 atom stereocenters. The Labute approximate surface area is 125 Å². The summed E-state index contributed by atoms with van der Waals surface area (Å²) in [5.74, 6) is 0.191. The minimum atomic E-state index is 0.191. The van der Waals surface area contributed by atoms with Crippen molar-refractivity contribution in [3.8, 4) is 0 Å². The number of hydrogen-bond donors (Lipinski definition) is 1. The number of amides is 1. The summed E-state index contributed by atoms with van der Waals surface area (Å²) in [6.07, 6.45) is 4.18. The minimum absolute atomic E-state index is 0.191. The molecule has 1 aliphatic rings. The van der Waals surface area contributed by atoms with E-state index in [2.05, 4.69) is 15.2 Å². The number of hydrogen-bond acceptors (Lipinski definition) is 5. The molecule has 0 spiro atoms. The second-order valence-electron chi connectivity index (χ2n) is 5.57. The Kier molecular flexibility index (Phi) is 5.51. The lowest BCUT2D eigenvalue weighted by Gasteiger charge is -2.32. The number of nitrogens with zero attached hydrogens (tertiary/aromatic N) is 3. The summed E-state index contributed by atoms with van der Waals surface area (Å²) in [5, 5.41) is 4.72. The number of aromatic nitrogens is 1. The fourth-order valence-corrected chi connectivity index (χ4v) is 3.11. The Morgan fingerprint density at radius 2 is 2.20 bits per heavy atom. The zero-order chi connectivity index (χ0) is 14.5. The summed E-state index contributed by atoms with van der Waals surface area (Å²) >= 11 is 1.75. The van der Waals surface area contributed by atoms with E-state index in [1.165, 1.54) is 4.88 Å². The summed E-state index contributed by atoms with van der Waals surface area (Å²) in [6, 6.07) is 0.558. The van der Waals surface area contributed by atoms with Crippen molar-refractivity contribution in [1.29, 1.82) is 0 Å². The van der Waals surface area contributed by atoms with Gasteiger partial charge in [0.05, 0.1) is 11.6 Å². The van der Waals surface area contributed by atoms with Gasteiger partial charge in [-0.25, -0.2) is 4.98 Å². The first-order valence-corrected chi connectivity index (χ1v) is 7.93. The topological polar surface area (TPSA) is 48.5 Å². The van der Waals surface area contributed by atoms with Crippen LogP contribution in [0.1, 0.15) is 22.7 Å². The molecule has 1 saturated heterocycles. The van der Waals surface area contributed by atoms with Gasteiger partial charge in [-0.2, -0.15) is 0 Å². The first-order valence-electron chi connectivity index (χ1n) is 7.12. The van der Waals surface area contributed by atoms with E-state index in [-0.39, 0.29) is 5.91 Å². The van der Waals surface area contributed by atoms with Crippen LogP contribution in [0.4, 0.5) is 0 Å². The molecular weight excluding hydrogens is 272 g/mol. The Hall–Kier alpha value is -0.980. The van der Waals surface area contributed by atoms with Crippen LogP contribution in [0.15, 0.2) is 6.20 Å². The summed E-state index contributed by atoms with van der Waals surface area (Å²) in [6.45, 7) is 5.49. The Bertz CT molecular complexity index is 438. The fourth-order valence-electron chi connectivity index (χ4n) is 2.36. The quantitative estimate of drug-likeness (QED) is 0.884. The number of likely N-dealkylation sites (N-methyl/N-ethyl adjacent to an activating group) is 1. The molecule has 0 saturated carbocycles. The molecule has 5 nitrogen and oxygen atoms in total. The van der Waals surface area contributed by atoms with Gasteiger partial charge in [0.15, 0.2) is 0 Å². The highest BCUT2D eigenvalue weighted by molar-refractivity contribution is 7.11. The second kappa shape index (κ2) is 7.15. The molecule has 6 heteroatoms. The van der Waals surface area contributed by atoms with Crippen LogP contribution in [0.3, 0.4) is 0 Å². The third-order valence-electron chi connectivity index (χ3n) is 3.68. The molecule has 112 valence electrons. The van der Waals surface area contributed by atoms with Crippen LogP contribution < -0.4 is 5.32 Å². The molecule has 0 bridgehead atoms. The Morgan fingerprint density at radius 3 is 2.75 bits per heavy atom. The van der Waals surface area contributed by atoms with Gasteiger partial charge in [0.2, 0.25) is 5.91 Å². The maximum atomic E-state index is 11.7. The van der Waals surface area contributed by atoms with Crippen molar-refractivity contribution in [1.82, 2.24) is 20.1 Å². The Morgan fingerprint density at radius 1 is 1.50 bits per heavy atom. The number of thiazole rings is 1. The van der Waals surface area contributed by atoms with E-state index >= 15 is 0 Å². The SMILES string of the molecule is Cc1ncc(CNC2CCN(CC(=O)N(C)C)CC2)s1. The summed E-state index contributed by atoms with van der Waals surface area (Å²) in [4.78, 5) is 21.1. The van der Waals surface area contributed by atoms with Crippen LogP contribution in [-0.4, -0.2) is 60.5 Å². The summed E-state index contributed by atoms with van der Waals surface area (Å²) < 4.78 is 0. The van der Waals surface area contributed by atoms with Gasteiger partial charge in [0.25, 0.3) is 0 Å². The van der Waals surface area contributed by atoms with Crippen molar-refractivity contribution in [3.63, 3.8) is 0 Å². The molecule has 1 fully saturated rings. The number of nitrogens with one attached hydrogen (secondary N) is 1. The van der Waals surface area contributed by atoms with Crippen LogP contribution in [0.2, 0.25) is 0 Å². The van der Waals surface area contributed by atoms with Crippen LogP contribution >= 0.6 is 11.3 Å². The molecule has 2 heterocycles. The van der Waals surface area contributed by atoms with Gasteiger partial charge >= 0.3 is 0 Å². The molecule has 1 aliphatic heterocycles. The van der Waals surface area contributed by atoms with E-state index in [4.69, 9.17) is 0 Å². The van der Waals surface area contributed by atoms with Crippen molar-refractivity contribution in [3.05, 3.63) is 16.1 Å². The molecule has 0 aromatic carbocycles. The summed E-state index contributed by atoms with van der Waals surface area (Å²) in [5.41, 5.74) is 0. The maximum Gasteiger partial charge on any atom is 0.236 e. The van der Waals surface area contributed by atoms with Gasteiger partial charge in [-0.3, -0.25) is 9.69 Å². The number of likely N-dealkylation sites (tertiary alicyclic amines) is 1. The Balaban J connectivity index is 1.68. The first kappa shape index (κ1) is 15.4. The van der Waals surface area contributed by atoms with Crippen molar-refractivity contribution in [2.75, 3.05) is 33.7 Å². The molecule has 20 heavy (non-hydrogen) atoms. The third-order valence-corrected chi connectivity index (χ3v) is 4.59. The minimum Gasteiger partial charge on any atom is -0.348 e. The van der Waals surface area contributed by atoms with E-state index in [0.29, 0.717) is 12.6 Å². The van der Waals surface area contributed by atoms with Gasteiger partial charge in [0, 0.05) is 50.8 Å². The smallest absolute Gasteiger partial charge is 0.236 e. The fraction of sp³-hybridized carbons (Fsp3) is 0.714. The molecule has 0 aliphatic carbocycles. The molecule has 1 aromatic rings. The van der Waals surface area contributed by atoms with Gasteiger partial charge in [-0.1, -0.05) is 0 Å². The zero-order valence-corrected chi connectivity index (χ0v) is 13.4. The van der Waals surface area contributed by atoms with Gasteiger partial charge in [-0.05, 0) is 19.8 Å². The van der Waals surface area contributed by atoms with E-state index in [1.807, 2.05) is 27.2 Å². The van der Waals surface area contributed by atoms with E-state index in [9.17, 15) is 4.79 Å². The second-order valence-corrected chi connectivity index (χ2v) is 6.88. The predicted molar refractivity (Wildman–Crippen MR) is 81.8 cm³/mol. The number of carbonyl (C=O) groups excluding carboxylic acids is 1. The molecule has 0 unspecified atom stereocenters. The molecule has 1 amide bonds. The first-order chi connectivity index (χ1) is 9.54. The average molecular weight is 296 g/mol. The van der Waals surface area contributed by atoms with Crippen LogP contribution in [0, 0.1) is 6.92 Å². The summed E-state index contributed by atoms with van der Waals surface area (Å²) in [7, 11) is 3.63. The van der Waals surface area contributed by atoms with Crippen LogP contribution in [0.25, 0.3) is 0 Å². The largest absolute Gasteiger partial charge is 0.348 e. The van der Waals surface area contributed by atoms with Crippen molar-refractivity contribution < 1.29 is 4.79 Å². The number of aryl methyl sites for hydroxylation is 1.